The van der Waals surface area contributed by atoms with Crippen molar-refractivity contribution in [2.75, 3.05) is 29.2 Å². The van der Waals surface area contributed by atoms with Crippen molar-refractivity contribution in [3.05, 3.63) is 66.7 Å². The summed E-state index contributed by atoms with van der Waals surface area (Å²) in [5.41, 5.74) is 2.51. The number of hydrogen-bond acceptors (Lipinski definition) is 7. The highest BCUT2D eigenvalue weighted by molar-refractivity contribution is 7.81. The summed E-state index contributed by atoms with van der Waals surface area (Å²) >= 11 is -2.53. The van der Waals surface area contributed by atoms with Gasteiger partial charge in [0.25, 0.3) is 11.3 Å². The molecule has 1 amide bonds. The maximum Gasteiger partial charge on any atom is 0.268 e. The van der Waals surface area contributed by atoms with Crippen LogP contribution < -0.4 is 24.4 Å². The van der Waals surface area contributed by atoms with E-state index in [4.69, 9.17) is 14.5 Å². The van der Waals surface area contributed by atoms with Gasteiger partial charge in [-0.3, -0.25) is 9.35 Å². The molecule has 1 heterocycles. The number of aromatic nitrogens is 2. The van der Waals surface area contributed by atoms with E-state index < -0.39 is 11.3 Å². The number of rotatable bonds is 9. The summed E-state index contributed by atoms with van der Waals surface area (Å²) in [5, 5.41) is 6.00. The molecule has 1 atom stereocenters. The Bertz CT molecular complexity index is 1440. The molecule has 1 unspecified atom stereocenters. The Balaban J connectivity index is 1.84. The number of fused-ring (bicyclic) bond motifs is 1. The number of amides is 1. The Kier molecular flexibility index (Phi) is 7.85. The number of benzene rings is 3. The summed E-state index contributed by atoms with van der Waals surface area (Å²) in [6.07, 6.45) is 0. The molecule has 0 spiro atoms. The van der Waals surface area contributed by atoms with E-state index in [9.17, 15) is 13.6 Å². The molecule has 0 bridgehead atoms. The molecule has 0 saturated carbocycles. The van der Waals surface area contributed by atoms with E-state index >= 15 is 0 Å². The smallest absolute Gasteiger partial charge is 0.268 e. The minimum atomic E-state index is -2.53. The summed E-state index contributed by atoms with van der Waals surface area (Å²) in [6.45, 7) is 3.56. The van der Waals surface area contributed by atoms with Gasteiger partial charge in [-0.2, -0.15) is 0 Å². The molecule has 0 fully saturated rings. The van der Waals surface area contributed by atoms with Gasteiger partial charge < -0.3 is 20.1 Å². The van der Waals surface area contributed by atoms with Crippen LogP contribution in [0.5, 0.6) is 11.5 Å². The van der Waals surface area contributed by atoms with Gasteiger partial charge in [-0.25, -0.2) is 18.5 Å². The van der Waals surface area contributed by atoms with Crippen LogP contribution in [-0.4, -0.2) is 38.9 Å². The molecule has 4 rings (SSSR count). The van der Waals surface area contributed by atoms with E-state index in [0.29, 0.717) is 39.6 Å². The number of ether oxygens (including phenoxy) is 2. The fourth-order valence-electron chi connectivity index (χ4n) is 3.52. The van der Waals surface area contributed by atoms with Gasteiger partial charge in [-0.05, 0) is 30.3 Å². The van der Waals surface area contributed by atoms with Gasteiger partial charge in [-0.1, -0.05) is 32.0 Å². The van der Waals surface area contributed by atoms with Crippen LogP contribution in [0.1, 0.15) is 13.8 Å². The lowest BCUT2D eigenvalue weighted by molar-refractivity contribution is -0.118. The highest BCUT2D eigenvalue weighted by Crippen LogP contribution is 2.36. The van der Waals surface area contributed by atoms with E-state index in [1.807, 2.05) is 12.1 Å². The zero-order chi connectivity index (χ0) is 26.5. The Morgan fingerprint density at radius 1 is 0.919 bits per heavy atom. The fourth-order valence-corrected chi connectivity index (χ4v) is 4.08. The highest BCUT2D eigenvalue weighted by Gasteiger charge is 2.24. The fraction of sp³-hybridized carbons (Fsp3) is 0.192. The number of carbonyl (C=O) groups is 1. The quantitative estimate of drug-likeness (QED) is 0.255. The van der Waals surface area contributed by atoms with E-state index in [1.54, 1.807) is 82.7 Å². The summed E-state index contributed by atoms with van der Waals surface area (Å²) in [6, 6.07) is 19.0. The summed E-state index contributed by atoms with van der Waals surface area (Å²) in [7, 11) is 3.09. The molecular formula is C26H27N5O5S. The number of anilines is 5. The van der Waals surface area contributed by atoms with Crippen LogP contribution in [0.15, 0.2) is 66.7 Å². The molecule has 4 aromatic rings. The van der Waals surface area contributed by atoms with Crippen LogP contribution in [0.4, 0.5) is 28.7 Å². The van der Waals surface area contributed by atoms with Gasteiger partial charge in [0.2, 0.25) is 5.91 Å². The van der Waals surface area contributed by atoms with Crippen molar-refractivity contribution in [3.8, 4) is 11.5 Å². The molecular weight excluding hydrogens is 494 g/mol. The number of nitrogens with one attached hydrogen (secondary N) is 2. The maximum absolute atomic E-state index is 12.7. The Labute approximate surface area is 217 Å². The molecule has 3 aromatic carbocycles. The van der Waals surface area contributed by atoms with E-state index in [0.717, 1.165) is 4.31 Å². The third kappa shape index (κ3) is 5.96. The first-order valence-corrected chi connectivity index (χ1v) is 12.4. The van der Waals surface area contributed by atoms with Gasteiger partial charge in [-0.15, -0.1) is 0 Å². The van der Waals surface area contributed by atoms with Gasteiger partial charge in [0.15, 0.2) is 11.6 Å². The van der Waals surface area contributed by atoms with Crippen LogP contribution in [0, 0.1) is 5.92 Å². The standard InChI is InChI=1S/C26H27N5O5S/c1-16(2)26(32)28-17-8-7-9-19(12-17)31(37(33)34)25-24(29-22-10-5-6-11-23(22)30-25)27-18-13-20(35-3)15-21(14-18)36-4/h5-16H,1-4H3,(H,27,29)(H,28,32)(H,33,34). The third-order valence-electron chi connectivity index (χ3n) is 5.39. The predicted octanol–water partition coefficient (Wildman–Crippen LogP) is 5.26. The van der Waals surface area contributed by atoms with Gasteiger partial charge in [0, 0.05) is 35.5 Å². The summed E-state index contributed by atoms with van der Waals surface area (Å²) in [5.74, 6) is 1.03. The largest absolute Gasteiger partial charge is 0.497 e. The second-order valence-corrected chi connectivity index (χ2v) is 9.16. The van der Waals surface area contributed by atoms with Crippen LogP contribution >= 0.6 is 0 Å². The molecule has 192 valence electrons. The average molecular weight is 522 g/mol. The first-order valence-electron chi connectivity index (χ1n) is 11.4. The monoisotopic (exact) mass is 521 g/mol. The molecule has 11 heteroatoms. The Morgan fingerprint density at radius 2 is 1.57 bits per heavy atom. The lowest BCUT2D eigenvalue weighted by Gasteiger charge is -2.23. The minimum Gasteiger partial charge on any atom is -0.497 e. The molecule has 0 saturated heterocycles. The molecule has 37 heavy (non-hydrogen) atoms. The number of hydrogen-bond donors (Lipinski definition) is 3. The molecule has 10 nitrogen and oxygen atoms in total. The van der Waals surface area contributed by atoms with Crippen molar-refractivity contribution in [2.24, 2.45) is 5.92 Å². The normalized spacial score (nSPS) is 11.7. The summed E-state index contributed by atoms with van der Waals surface area (Å²) < 4.78 is 34.9. The van der Waals surface area contributed by atoms with Crippen molar-refractivity contribution in [2.45, 2.75) is 13.8 Å². The SMILES string of the molecule is COc1cc(Nc2nc3ccccc3nc2N(c2cccc(NC(=O)C(C)C)c2)S(=O)O)cc(OC)c1. The Hall–Kier alpha value is -4.22. The third-order valence-corrected chi connectivity index (χ3v) is 6.08. The predicted molar refractivity (Wildman–Crippen MR) is 145 cm³/mol. The van der Waals surface area contributed by atoms with Crippen molar-refractivity contribution in [1.29, 1.82) is 0 Å². The van der Waals surface area contributed by atoms with Crippen molar-refractivity contribution in [1.82, 2.24) is 9.97 Å². The second-order valence-electron chi connectivity index (χ2n) is 8.33. The zero-order valence-electron chi connectivity index (χ0n) is 20.8. The van der Waals surface area contributed by atoms with Crippen LogP contribution in [-0.2, 0) is 16.1 Å². The molecule has 0 aliphatic carbocycles. The van der Waals surface area contributed by atoms with Crippen molar-refractivity contribution in [3.63, 3.8) is 0 Å². The molecule has 1 aromatic heterocycles. The molecule has 0 radical (unpaired) electrons. The van der Waals surface area contributed by atoms with Gasteiger partial charge in [0.1, 0.15) is 11.5 Å². The maximum atomic E-state index is 12.7. The summed E-state index contributed by atoms with van der Waals surface area (Å²) in [4.78, 5) is 21.6. The lowest BCUT2D eigenvalue weighted by atomic mass is 10.2. The van der Waals surface area contributed by atoms with E-state index in [2.05, 4.69) is 15.6 Å². The first-order chi connectivity index (χ1) is 17.8. The topological polar surface area (TPSA) is 126 Å². The second kappa shape index (κ2) is 11.2. The average Bonchev–Trinajstić information content (AvgIpc) is 2.88. The van der Waals surface area contributed by atoms with Crippen LogP contribution in [0.3, 0.4) is 0 Å². The Morgan fingerprint density at radius 3 is 2.16 bits per heavy atom. The first kappa shape index (κ1) is 25.9. The minimum absolute atomic E-state index is 0.105. The number of nitrogens with zero attached hydrogens (tertiary/aromatic N) is 3. The zero-order valence-corrected chi connectivity index (χ0v) is 21.6. The van der Waals surface area contributed by atoms with E-state index in [-0.39, 0.29) is 23.5 Å². The van der Waals surface area contributed by atoms with Crippen molar-refractivity contribution >= 4 is 56.9 Å². The van der Waals surface area contributed by atoms with E-state index in [1.165, 1.54) is 0 Å². The van der Waals surface area contributed by atoms with Gasteiger partial charge >= 0.3 is 0 Å². The van der Waals surface area contributed by atoms with Gasteiger partial charge in [0.05, 0.1) is 30.9 Å². The number of para-hydroxylation sites is 2. The van der Waals surface area contributed by atoms with Crippen LogP contribution in [0.25, 0.3) is 11.0 Å². The van der Waals surface area contributed by atoms with Crippen molar-refractivity contribution < 1.29 is 23.0 Å². The molecule has 0 aliphatic heterocycles. The molecule has 3 N–H and O–H groups in total. The molecule has 0 aliphatic rings. The number of methoxy groups -OCH3 is 2. The lowest BCUT2D eigenvalue weighted by Crippen LogP contribution is -2.23. The highest BCUT2D eigenvalue weighted by atomic mass is 32.2. The van der Waals surface area contributed by atoms with Crippen LogP contribution in [0.2, 0.25) is 0 Å². The number of carbonyl (C=O) groups excluding carboxylic acids is 1.